The van der Waals surface area contributed by atoms with Gasteiger partial charge in [0.05, 0.1) is 6.61 Å². The third-order valence-electron chi connectivity index (χ3n) is 2.45. The van der Waals surface area contributed by atoms with Gasteiger partial charge in [-0.05, 0) is 18.2 Å². The van der Waals surface area contributed by atoms with E-state index in [0.29, 0.717) is 6.61 Å². The van der Waals surface area contributed by atoms with Crippen molar-refractivity contribution in [2.24, 2.45) is 0 Å². The van der Waals surface area contributed by atoms with Crippen molar-refractivity contribution >= 4 is 24.4 Å². The molecule has 0 rings (SSSR count). The standard InChI is InChI=1S/C12H22NO4PS/c1-4-7-8-10-17-18(16,19)13(9-5-2)11(6-3)12(14)15/h5-6,11H,2-4,7-10H2,1H3,(H,14,15)(H,16,19). The maximum Gasteiger partial charge on any atom is 0.325 e. The highest BCUT2D eigenvalue weighted by molar-refractivity contribution is 8.08. The lowest BCUT2D eigenvalue weighted by atomic mass is 10.3. The average molecular weight is 307 g/mol. The lowest BCUT2D eigenvalue weighted by Crippen LogP contribution is -2.38. The van der Waals surface area contributed by atoms with Crippen LogP contribution in [0.25, 0.3) is 0 Å². The first kappa shape index (κ1) is 18.5. The summed E-state index contributed by atoms with van der Waals surface area (Å²) in [6.07, 6.45) is 5.48. The highest BCUT2D eigenvalue weighted by atomic mass is 32.5. The Morgan fingerprint density at radius 1 is 1.53 bits per heavy atom. The third kappa shape index (κ3) is 6.45. The molecule has 0 amide bonds. The van der Waals surface area contributed by atoms with E-state index >= 15 is 0 Å². The normalized spacial score (nSPS) is 15.7. The SMILES string of the molecule is C=CCN(C(C=C)C(=O)O)P(O)(=S)OCCCCC. The van der Waals surface area contributed by atoms with Crippen molar-refractivity contribution in [2.45, 2.75) is 32.2 Å². The zero-order chi connectivity index (χ0) is 14.9. The van der Waals surface area contributed by atoms with Gasteiger partial charge in [0.25, 0.3) is 6.64 Å². The van der Waals surface area contributed by atoms with Gasteiger partial charge in [0.1, 0.15) is 6.04 Å². The van der Waals surface area contributed by atoms with Crippen LogP contribution in [0.4, 0.5) is 0 Å². The van der Waals surface area contributed by atoms with Crippen LogP contribution in [0, 0.1) is 0 Å². The Labute approximate surface area is 119 Å². The number of hydrogen-bond acceptors (Lipinski definition) is 3. The van der Waals surface area contributed by atoms with Gasteiger partial charge in [-0.2, -0.15) is 0 Å². The number of nitrogens with zero attached hydrogens (tertiary/aromatic N) is 1. The van der Waals surface area contributed by atoms with E-state index in [0.717, 1.165) is 19.3 Å². The topological polar surface area (TPSA) is 70.0 Å². The van der Waals surface area contributed by atoms with E-state index in [4.69, 9.17) is 21.4 Å². The van der Waals surface area contributed by atoms with E-state index in [9.17, 15) is 9.69 Å². The second kappa shape index (κ2) is 9.39. The second-order valence-corrected chi connectivity index (χ2v) is 7.14. The summed E-state index contributed by atoms with van der Waals surface area (Å²) in [6.45, 7) is 6.15. The fraction of sp³-hybridized carbons (Fsp3) is 0.583. The van der Waals surface area contributed by atoms with Crippen molar-refractivity contribution in [1.29, 1.82) is 0 Å². The summed E-state index contributed by atoms with van der Waals surface area (Å²) in [5.41, 5.74) is 0. The minimum Gasteiger partial charge on any atom is -0.480 e. The van der Waals surface area contributed by atoms with Gasteiger partial charge in [-0.1, -0.05) is 31.9 Å². The number of carboxylic acids is 1. The largest absolute Gasteiger partial charge is 0.480 e. The zero-order valence-electron chi connectivity index (χ0n) is 11.2. The van der Waals surface area contributed by atoms with Crippen molar-refractivity contribution in [1.82, 2.24) is 4.67 Å². The minimum atomic E-state index is -3.34. The number of unbranched alkanes of at least 4 members (excludes halogenated alkanes) is 2. The van der Waals surface area contributed by atoms with E-state index in [1.165, 1.54) is 16.8 Å². The molecule has 0 saturated carbocycles. The molecule has 0 aliphatic carbocycles. The Bertz CT molecular complexity index is 362. The molecule has 110 valence electrons. The van der Waals surface area contributed by atoms with Crippen molar-refractivity contribution < 1.29 is 19.3 Å². The van der Waals surface area contributed by atoms with Gasteiger partial charge in [-0.25, -0.2) is 4.67 Å². The summed E-state index contributed by atoms with van der Waals surface area (Å²) < 4.78 is 6.55. The molecule has 0 aromatic rings. The molecule has 0 fully saturated rings. The fourth-order valence-electron chi connectivity index (χ4n) is 1.47. The van der Waals surface area contributed by atoms with Crippen LogP contribution in [0.15, 0.2) is 25.3 Å². The molecule has 0 aliphatic heterocycles. The van der Waals surface area contributed by atoms with Crippen LogP contribution in [-0.2, 0) is 21.1 Å². The van der Waals surface area contributed by atoms with Gasteiger partial charge in [0.15, 0.2) is 0 Å². The summed E-state index contributed by atoms with van der Waals surface area (Å²) in [5, 5.41) is 9.10. The monoisotopic (exact) mass is 307 g/mol. The molecule has 0 aromatic carbocycles. The third-order valence-corrected chi connectivity index (χ3v) is 4.97. The Hall–Kier alpha value is -0.520. The van der Waals surface area contributed by atoms with Gasteiger partial charge < -0.3 is 14.5 Å². The highest BCUT2D eigenvalue weighted by Gasteiger charge is 2.33. The highest BCUT2D eigenvalue weighted by Crippen LogP contribution is 2.48. The van der Waals surface area contributed by atoms with Crippen molar-refractivity contribution in [3.05, 3.63) is 25.3 Å². The van der Waals surface area contributed by atoms with Crippen LogP contribution < -0.4 is 0 Å². The van der Waals surface area contributed by atoms with Gasteiger partial charge in [-0.15, -0.1) is 13.2 Å². The fourth-order valence-corrected chi connectivity index (χ4v) is 3.54. The molecule has 0 heterocycles. The molecule has 2 N–H and O–H groups in total. The Morgan fingerprint density at radius 3 is 2.58 bits per heavy atom. The van der Waals surface area contributed by atoms with E-state index in [1.54, 1.807) is 0 Å². The summed E-state index contributed by atoms with van der Waals surface area (Å²) in [6, 6.07) is -1.08. The van der Waals surface area contributed by atoms with E-state index < -0.39 is 18.7 Å². The summed E-state index contributed by atoms with van der Waals surface area (Å²) in [7, 11) is 0. The first-order valence-corrected chi connectivity index (χ1v) is 8.74. The zero-order valence-corrected chi connectivity index (χ0v) is 12.9. The van der Waals surface area contributed by atoms with E-state index in [2.05, 4.69) is 20.1 Å². The molecule has 0 radical (unpaired) electrons. The molecule has 0 bridgehead atoms. The number of aliphatic carboxylic acids is 1. The first-order valence-electron chi connectivity index (χ1n) is 6.11. The molecular formula is C12H22NO4PS. The van der Waals surface area contributed by atoms with Crippen molar-refractivity contribution in [3.63, 3.8) is 0 Å². The number of hydrogen-bond donors (Lipinski definition) is 2. The molecule has 2 unspecified atom stereocenters. The minimum absolute atomic E-state index is 0.130. The summed E-state index contributed by atoms with van der Waals surface area (Å²) in [5.74, 6) is -1.13. The molecule has 0 spiro atoms. The van der Waals surface area contributed by atoms with Gasteiger partial charge in [0.2, 0.25) is 0 Å². The quantitative estimate of drug-likeness (QED) is 0.347. The van der Waals surface area contributed by atoms with Crippen LogP contribution >= 0.6 is 6.64 Å². The predicted octanol–water partition coefficient (Wildman–Crippen LogP) is 2.54. The molecule has 0 saturated heterocycles. The van der Waals surface area contributed by atoms with E-state index in [1.807, 2.05) is 0 Å². The van der Waals surface area contributed by atoms with Crippen LogP contribution in [0.5, 0.6) is 0 Å². The van der Waals surface area contributed by atoms with Gasteiger partial charge in [-0.3, -0.25) is 4.79 Å². The molecule has 2 atom stereocenters. The summed E-state index contributed by atoms with van der Waals surface area (Å²) >= 11 is 5.05. The molecule has 0 aromatic heterocycles. The summed E-state index contributed by atoms with van der Waals surface area (Å²) in [4.78, 5) is 21.4. The van der Waals surface area contributed by atoms with Crippen LogP contribution in [0.2, 0.25) is 0 Å². The molecular weight excluding hydrogens is 285 g/mol. The second-order valence-electron chi connectivity index (χ2n) is 3.96. The molecule has 0 aliphatic rings. The maximum atomic E-state index is 11.1. The van der Waals surface area contributed by atoms with Crippen molar-refractivity contribution in [3.8, 4) is 0 Å². The number of rotatable bonds is 11. The van der Waals surface area contributed by atoms with Crippen molar-refractivity contribution in [2.75, 3.05) is 13.2 Å². The molecule has 5 nitrogen and oxygen atoms in total. The van der Waals surface area contributed by atoms with Crippen LogP contribution in [0.1, 0.15) is 26.2 Å². The van der Waals surface area contributed by atoms with Gasteiger partial charge >= 0.3 is 5.97 Å². The predicted molar refractivity (Wildman–Crippen MR) is 80.5 cm³/mol. The maximum absolute atomic E-state index is 11.1. The Kier molecular flexibility index (Phi) is 9.14. The first-order chi connectivity index (χ1) is 8.90. The Morgan fingerprint density at radius 2 is 2.16 bits per heavy atom. The van der Waals surface area contributed by atoms with Gasteiger partial charge in [0, 0.05) is 6.54 Å². The average Bonchev–Trinajstić information content (AvgIpc) is 2.34. The lowest BCUT2D eigenvalue weighted by Gasteiger charge is -2.32. The molecule has 19 heavy (non-hydrogen) atoms. The molecule has 7 heteroatoms. The van der Waals surface area contributed by atoms with Crippen LogP contribution in [-0.4, -0.2) is 39.8 Å². The number of carbonyl (C=O) groups is 1. The van der Waals surface area contributed by atoms with E-state index in [-0.39, 0.29) is 6.54 Å². The number of carboxylic acid groups (broad SMARTS) is 1. The smallest absolute Gasteiger partial charge is 0.325 e. The van der Waals surface area contributed by atoms with Crippen LogP contribution in [0.3, 0.4) is 0 Å². The Balaban J connectivity index is 4.82. The lowest BCUT2D eigenvalue weighted by molar-refractivity contribution is -0.140.